The lowest BCUT2D eigenvalue weighted by atomic mass is 10.2. The molecule has 0 aliphatic carbocycles. The molecule has 0 aromatic carbocycles. The first-order valence-electron chi connectivity index (χ1n) is 6.50. The summed E-state index contributed by atoms with van der Waals surface area (Å²) in [6.07, 6.45) is 2.95. The minimum absolute atomic E-state index is 0.0796. The number of rotatable bonds is 5. The highest BCUT2D eigenvalue weighted by atomic mass is 32.2. The SMILES string of the molecule is CCC(CSC)NC(=O)c1sc2c(c(C)nn2C)c1N. The Bertz CT molecular complexity index is 632. The Hall–Kier alpha value is -1.21. The maximum absolute atomic E-state index is 12.4. The summed E-state index contributed by atoms with van der Waals surface area (Å²) in [4.78, 5) is 13.9. The summed E-state index contributed by atoms with van der Waals surface area (Å²) in [5.41, 5.74) is 7.55. The van der Waals surface area contributed by atoms with Crippen LogP contribution in [0.2, 0.25) is 0 Å². The van der Waals surface area contributed by atoms with E-state index >= 15 is 0 Å². The molecule has 0 fully saturated rings. The van der Waals surface area contributed by atoms with Crippen LogP contribution in [-0.4, -0.2) is 33.7 Å². The maximum atomic E-state index is 12.4. The molecule has 7 heteroatoms. The van der Waals surface area contributed by atoms with Gasteiger partial charge in [0.2, 0.25) is 0 Å². The van der Waals surface area contributed by atoms with Gasteiger partial charge in [-0.2, -0.15) is 16.9 Å². The monoisotopic (exact) mass is 312 g/mol. The number of fused-ring (bicyclic) bond motifs is 1. The first-order chi connectivity index (χ1) is 9.49. The third kappa shape index (κ3) is 2.64. The predicted octanol–water partition coefficient (Wildman–Crippen LogP) is 2.40. The van der Waals surface area contributed by atoms with Crippen molar-refractivity contribution < 1.29 is 4.79 Å². The van der Waals surface area contributed by atoms with E-state index in [4.69, 9.17) is 5.73 Å². The Labute approximate surface area is 126 Å². The molecule has 0 radical (unpaired) electrons. The highest BCUT2D eigenvalue weighted by Gasteiger charge is 2.22. The normalized spacial score (nSPS) is 12.8. The van der Waals surface area contributed by atoms with E-state index < -0.39 is 0 Å². The fourth-order valence-electron chi connectivity index (χ4n) is 2.21. The number of hydrogen-bond donors (Lipinski definition) is 2. The van der Waals surface area contributed by atoms with Crippen molar-refractivity contribution in [2.75, 3.05) is 17.7 Å². The summed E-state index contributed by atoms with van der Waals surface area (Å²) < 4.78 is 1.78. The molecule has 0 saturated carbocycles. The third-order valence-electron chi connectivity index (χ3n) is 3.28. The number of carbonyl (C=O) groups is 1. The minimum atomic E-state index is -0.0796. The number of hydrogen-bond acceptors (Lipinski definition) is 5. The van der Waals surface area contributed by atoms with Crippen molar-refractivity contribution in [2.45, 2.75) is 26.3 Å². The van der Waals surface area contributed by atoms with Crippen molar-refractivity contribution in [1.29, 1.82) is 0 Å². The van der Waals surface area contributed by atoms with Crippen LogP contribution in [0.4, 0.5) is 5.69 Å². The molecule has 1 unspecified atom stereocenters. The summed E-state index contributed by atoms with van der Waals surface area (Å²) in [6.45, 7) is 3.99. The smallest absolute Gasteiger partial charge is 0.263 e. The number of nitrogen functional groups attached to an aromatic ring is 1. The molecule has 2 aromatic rings. The Morgan fingerprint density at radius 3 is 2.85 bits per heavy atom. The molecule has 1 amide bonds. The van der Waals surface area contributed by atoms with E-state index in [0.29, 0.717) is 10.6 Å². The lowest BCUT2D eigenvalue weighted by Gasteiger charge is -2.15. The van der Waals surface area contributed by atoms with E-state index in [1.54, 1.807) is 16.4 Å². The van der Waals surface area contributed by atoms with Gasteiger partial charge in [-0.3, -0.25) is 9.48 Å². The van der Waals surface area contributed by atoms with Crippen molar-refractivity contribution in [3.63, 3.8) is 0 Å². The summed E-state index contributed by atoms with van der Waals surface area (Å²) in [5, 5.41) is 8.29. The molecule has 5 nitrogen and oxygen atoms in total. The van der Waals surface area contributed by atoms with Gasteiger partial charge in [-0.15, -0.1) is 11.3 Å². The van der Waals surface area contributed by atoms with E-state index in [1.807, 2.05) is 20.2 Å². The van der Waals surface area contributed by atoms with Gasteiger partial charge >= 0.3 is 0 Å². The van der Waals surface area contributed by atoms with Gasteiger partial charge in [0.1, 0.15) is 9.71 Å². The average molecular weight is 312 g/mol. The van der Waals surface area contributed by atoms with Crippen LogP contribution < -0.4 is 11.1 Å². The lowest BCUT2D eigenvalue weighted by Crippen LogP contribution is -2.36. The molecular formula is C13H20N4OS2. The van der Waals surface area contributed by atoms with E-state index in [0.717, 1.165) is 28.1 Å². The third-order valence-corrected chi connectivity index (χ3v) is 5.29. The summed E-state index contributed by atoms with van der Waals surface area (Å²) in [7, 11) is 1.87. The Balaban J connectivity index is 2.31. The van der Waals surface area contributed by atoms with Crippen LogP contribution in [0.3, 0.4) is 0 Å². The number of amides is 1. The number of nitrogens with zero attached hydrogens (tertiary/aromatic N) is 2. The number of carbonyl (C=O) groups excluding carboxylic acids is 1. The Kier molecular flexibility index (Phi) is 4.59. The molecule has 0 aliphatic heterocycles. The minimum Gasteiger partial charge on any atom is -0.397 e. The van der Waals surface area contributed by atoms with E-state index in [-0.39, 0.29) is 11.9 Å². The van der Waals surface area contributed by atoms with Crippen LogP contribution >= 0.6 is 23.1 Å². The number of aryl methyl sites for hydroxylation is 2. The summed E-state index contributed by atoms with van der Waals surface area (Å²) in [5.74, 6) is 0.831. The second kappa shape index (κ2) is 6.05. The van der Waals surface area contributed by atoms with Crippen molar-refractivity contribution in [3.05, 3.63) is 10.6 Å². The second-order valence-corrected chi connectivity index (χ2v) is 6.68. The molecule has 0 aliphatic rings. The van der Waals surface area contributed by atoms with Gasteiger partial charge in [0.05, 0.1) is 16.8 Å². The van der Waals surface area contributed by atoms with Crippen molar-refractivity contribution in [1.82, 2.24) is 15.1 Å². The number of nitrogens with one attached hydrogen (secondary N) is 1. The van der Waals surface area contributed by atoms with Gasteiger partial charge in [0.15, 0.2) is 0 Å². The topological polar surface area (TPSA) is 72.9 Å². The molecule has 20 heavy (non-hydrogen) atoms. The number of thiophene rings is 1. The number of nitrogens with two attached hydrogens (primary N) is 1. The van der Waals surface area contributed by atoms with Crippen molar-refractivity contribution in [3.8, 4) is 0 Å². The fraction of sp³-hybridized carbons (Fsp3) is 0.538. The van der Waals surface area contributed by atoms with Crippen LogP contribution in [0, 0.1) is 6.92 Å². The zero-order valence-corrected chi connectivity index (χ0v) is 13.8. The zero-order valence-electron chi connectivity index (χ0n) is 12.2. The second-order valence-electron chi connectivity index (χ2n) is 4.77. The van der Waals surface area contributed by atoms with E-state index in [9.17, 15) is 4.79 Å². The first kappa shape index (κ1) is 15.2. The summed E-state index contributed by atoms with van der Waals surface area (Å²) >= 11 is 3.14. The van der Waals surface area contributed by atoms with Crippen LogP contribution in [0.15, 0.2) is 0 Å². The van der Waals surface area contributed by atoms with Gasteiger partial charge in [-0.05, 0) is 19.6 Å². The van der Waals surface area contributed by atoms with Crippen LogP contribution in [0.25, 0.3) is 10.2 Å². The van der Waals surface area contributed by atoms with Gasteiger partial charge in [0.25, 0.3) is 5.91 Å². The van der Waals surface area contributed by atoms with Crippen LogP contribution in [0.1, 0.15) is 28.7 Å². The quantitative estimate of drug-likeness (QED) is 0.889. The fourth-order valence-corrected chi connectivity index (χ4v) is 4.02. The Morgan fingerprint density at radius 2 is 2.30 bits per heavy atom. The molecule has 2 rings (SSSR count). The molecule has 2 heterocycles. The highest BCUT2D eigenvalue weighted by molar-refractivity contribution is 7.98. The first-order valence-corrected chi connectivity index (χ1v) is 8.72. The van der Waals surface area contributed by atoms with Gasteiger partial charge in [-0.25, -0.2) is 0 Å². The van der Waals surface area contributed by atoms with E-state index in [2.05, 4.69) is 17.3 Å². The van der Waals surface area contributed by atoms with Crippen LogP contribution in [-0.2, 0) is 7.05 Å². The molecular weight excluding hydrogens is 292 g/mol. The average Bonchev–Trinajstić information content (AvgIpc) is 2.88. The van der Waals surface area contributed by atoms with E-state index in [1.165, 1.54) is 11.3 Å². The summed E-state index contributed by atoms with van der Waals surface area (Å²) in [6, 6.07) is 0.182. The number of thioether (sulfide) groups is 1. The molecule has 0 saturated heterocycles. The standard InChI is InChI=1S/C13H20N4OS2/c1-5-8(6-19-4)15-12(18)11-10(14)9-7(2)16-17(3)13(9)20-11/h8H,5-6,14H2,1-4H3,(H,15,18). The molecule has 0 spiro atoms. The van der Waals surface area contributed by atoms with Gasteiger partial charge < -0.3 is 11.1 Å². The Morgan fingerprint density at radius 1 is 1.60 bits per heavy atom. The largest absolute Gasteiger partial charge is 0.397 e. The van der Waals surface area contributed by atoms with Crippen LogP contribution in [0.5, 0.6) is 0 Å². The molecule has 0 bridgehead atoms. The zero-order chi connectivity index (χ0) is 14.9. The number of anilines is 1. The predicted molar refractivity (Wildman–Crippen MR) is 87.7 cm³/mol. The number of aromatic nitrogens is 2. The van der Waals surface area contributed by atoms with Gasteiger partial charge in [-0.1, -0.05) is 6.92 Å². The maximum Gasteiger partial charge on any atom is 0.263 e. The molecule has 1 atom stereocenters. The molecule has 2 aromatic heterocycles. The van der Waals surface area contributed by atoms with Crippen molar-refractivity contribution >= 4 is 44.9 Å². The lowest BCUT2D eigenvalue weighted by molar-refractivity contribution is 0.0945. The van der Waals surface area contributed by atoms with Crippen molar-refractivity contribution in [2.24, 2.45) is 7.05 Å². The molecule has 110 valence electrons. The highest BCUT2D eigenvalue weighted by Crippen LogP contribution is 2.35. The van der Waals surface area contributed by atoms with Gasteiger partial charge in [0, 0.05) is 18.8 Å². The molecule has 3 N–H and O–H groups in total.